The van der Waals surface area contributed by atoms with Crippen LogP contribution in [0.15, 0.2) is 42.5 Å². The molecule has 0 aromatic heterocycles. The Bertz CT molecular complexity index is 616. The minimum atomic E-state index is -0.0221. The zero-order valence-corrected chi connectivity index (χ0v) is 10.4. The van der Waals surface area contributed by atoms with Crippen LogP contribution in [-0.4, -0.2) is 5.91 Å². The first-order valence-corrected chi connectivity index (χ1v) is 6.23. The van der Waals surface area contributed by atoms with Crippen LogP contribution in [0.2, 0.25) is 0 Å². The Labute approximate surface area is 107 Å². The molecule has 0 saturated heterocycles. The third-order valence-electron chi connectivity index (χ3n) is 3.40. The van der Waals surface area contributed by atoms with Crippen LogP contribution in [0.3, 0.4) is 0 Å². The molecule has 2 heteroatoms. The number of benzene rings is 2. The Morgan fingerprint density at radius 3 is 2.56 bits per heavy atom. The van der Waals surface area contributed by atoms with E-state index in [1.54, 1.807) is 0 Å². The van der Waals surface area contributed by atoms with E-state index in [1.807, 2.05) is 6.07 Å². The van der Waals surface area contributed by atoms with Gasteiger partial charge < -0.3 is 5.32 Å². The lowest BCUT2D eigenvalue weighted by Crippen LogP contribution is -2.08. The van der Waals surface area contributed by atoms with Crippen molar-refractivity contribution in [2.24, 2.45) is 0 Å². The van der Waals surface area contributed by atoms with Crippen molar-refractivity contribution in [3.05, 3.63) is 53.6 Å². The molecule has 18 heavy (non-hydrogen) atoms. The first kappa shape index (κ1) is 11.0. The summed E-state index contributed by atoms with van der Waals surface area (Å²) in [6.07, 6.45) is 2.12. The van der Waals surface area contributed by atoms with Crippen LogP contribution in [0.4, 0.5) is 5.69 Å². The standard InChI is InChI=1S/C16H15NO/c1-11(18)17-14-8-9-16-13(10-14)7-6-12-4-2-3-5-15(12)16/h2-5,8-10H,6-7H2,1H3,(H,17,18). The molecule has 0 spiro atoms. The van der Waals surface area contributed by atoms with Crippen LogP contribution < -0.4 is 5.32 Å². The Balaban J connectivity index is 2.05. The number of amides is 1. The summed E-state index contributed by atoms with van der Waals surface area (Å²) in [7, 11) is 0. The van der Waals surface area contributed by atoms with E-state index >= 15 is 0 Å². The maximum Gasteiger partial charge on any atom is 0.221 e. The fourth-order valence-corrected chi connectivity index (χ4v) is 2.61. The molecule has 0 radical (unpaired) electrons. The van der Waals surface area contributed by atoms with E-state index in [2.05, 4.69) is 41.7 Å². The quantitative estimate of drug-likeness (QED) is 0.809. The van der Waals surface area contributed by atoms with Gasteiger partial charge in [0.1, 0.15) is 0 Å². The number of fused-ring (bicyclic) bond motifs is 3. The van der Waals surface area contributed by atoms with Gasteiger partial charge in [0, 0.05) is 12.6 Å². The van der Waals surface area contributed by atoms with Crippen LogP contribution in [-0.2, 0) is 17.6 Å². The minimum Gasteiger partial charge on any atom is -0.326 e. The molecule has 90 valence electrons. The summed E-state index contributed by atoms with van der Waals surface area (Å²) in [5.74, 6) is -0.0221. The number of carbonyl (C=O) groups is 1. The Hall–Kier alpha value is -2.09. The third-order valence-corrected chi connectivity index (χ3v) is 3.40. The van der Waals surface area contributed by atoms with Crippen LogP contribution in [0.1, 0.15) is 18.1 Å². The molecule has 0 aliphatic heterocycles. The highest BCUT2D eigenvalue weighted by Crippen LogP contribution is 2.34. The van der Waals surface area contributed by atoms with Crippen molar-refractivity contribution in [2.45, 2.75) is 19.8 Å². The topological polar surface area (TPSA) is 29.1 Å². The number of aryl methyl sites for hydroxylation is 2. The summed E-state index contributed by atoms with van der Waals surface area (Å²) in [6, 6.07) is 14.7. The second-order valence-corrected chi connectivity index (χ2v) is 4.71. The Morgan fingerprint density at radius 2 is 1.72 bits per heavy atom. The average molecular weight is 237 g/mol. The molecule has 0 bridgehead atoms. The molecule has 0 heterocycles. The van der Waals surface area contributed by atoms with E-state index in [9.17, 15) is 4.79 Å². The van der Waals surface area contributed by atoms with Crippen molar-refractivity contribution in [1.29, 1.82) is 0 Å². The van der Waals surface area contributed by atoms with E-state index in [-0.39, 0.29) is 5.91 Å². The van der Waals surface area contributed by atoms with E-state index in [1.165, 1.54) is 29.2 Å². The molecule has 0 saturated carbocycles. The van der Waals surface area contributed by atoms with Gasteiger partial charge in [0.15, 0.2) is 0 Å². The lowest BCUT2D eigenvalue weighted by Gasteiger charge is -2.20. The van der Waals surface area contributed by atoms with E-state index in [4.69, 9.17) is 0 Å². The van der Waals surface area contributed by atoms with Crippen molar-refractivity contribution in [3.8, 4) is 11.1 Å². The molecule has 1 aliphatic carbocycles. The first-order chi connectivity index (χ1) is 8.74. The fourth-order valence-electron chi connectivity index (χ4n) is 2.61. The lowest BCUT2D eigenvalue weighted by atomic mass is 9.85. The normalized spacial score (nSPS) is 12.5. The summed E-state index contributed by atoms with van der Waals surface area (Å²) < 4.78 is 0. The van der Waals surface area contributed by atoms with Crippen LogP contribution in [0, 0.1) is 0 Å². The molecule has 0 unspecified atom stereocenters. The molecule has 0 fully saturated rings. The van der Waals surface area contributed by atoms with Gasteiger partial charge in [-0.25, -0.2) is 0 Å². The van der Waals surface area contributed by atoms with Gasteiger partial charge in [-0.3, -0.25) is 4.79 Å². The van der Waals surface area contributed by atoms with Crippen molar-refractivity contribution >= 4 is 11.6 Å². The number of nitrogens with one attached hydrogen (secondary N) is 1. The zero-order valence-electron chi connectivity index (χ0n) is 10.4. The average Bonchev–Trinajstić information content (AvgIpc) is 2.37. The van der Waals surface area contributed by atoms with Gasteiger partial charge >= 0.3 is 0 Å². The van der Waals surface area contributed by atoms with Crippen molar-refractivity contribution in [2.75, 3.05) is 5.32 Å². The van der Waals surface area contributed by atoms with Gasteiger partial charge in [0.25, 0.3) is 0 Å². The molecule has 1 amide bonds. The van der Waals surface area contributed by atoms with Gasteiger partial charge in [-0.15, -0.1) is 0 Å². The second kappa shape index (κ2) is 4.30. The molecule has 2 aromatic rings. The van der Waals surface area contributed by atoms with Gasteiger partial charge in [-0.1, -0.05) is 30.3 Å². The highest BCUT2D eigenvalue weighted by molar-refractivity contribution is 5.89. The van der Waals surface area contributed by atoms with Crippen molar-refractivity contribution in [1.82, 2.24) is 0 Å². The highest BCUT2D eigenvalue weighted by atomic mass is 16.1. The molecule has 0 atom stereocenters. The summed E-state index contributed by atoms with van der Waals surface area (Å²) >= 11 is 0. The summed E-state index contributed by atoms with van der Waals surface area (Å²) in [5, 5.41) is 2.84. The fraction of sp³-hybridized carbons (Fsp3) is 0.188. The SMILES string of the molecule is CC(=O)Nc1ccc2c(c1)CCc1ccccc1-2. The zero-order chi connectivity index (χ0) is 12.5. The molecule has 1 N–H and O–H groups in total. The van der Waals surface area contributed by atoms with E-state index in [0.717, 1.165) is 18.5 Å². The highest BCUT2D eigenvalue weighted by Gasteiger charge is 2.15. The largest absolute Gasteiger partial charge is 0.326 e. The number of anilines is 1. The second-order valence-electron chi connectivity index (χ2n) is 4.71. The summed E-state index contributed by atoms with van der Waals surface area (Å²) in [6.45, 7) is 1.54. The van der Waals surface area contributed by atoms with E-state index < -0.39 is 0 Å². The molecule has 1 aliphatic rings. The molecule has 2 nitrogen and oxygen atoms in total. The molecular weight excluding hydrogens is 222 g/mol. The van der Waals surface area contributed by atoms with Gasteiger partial charge in [0.2, 0.25) is 5.91 Å². The molecule has 2 aromatic carbocycles. The maximum atomic E-state index is 11.1. The van der Waals surface area contributed by atoms with Gasteiger partial charge in [-0.2, -0.15) is 0 Å². The third kappa shape index (κ3) is 1.90. The predicted molar refractivity (Wildman–Crippen MR) is 73.6 cm³/mol. The number of hydrogen-bond acceptors (Lipinski definition) is 1. The monoisotopic (exact) mass is 237 g/mol. The van der Waals surface area contributed by atoms with Crippen LogP contribution >= 0.6 is 0 Å². The van der Waals surface area contributed by atoms with Crippen LogP contribution in [0.25, 0.3) is 11.1 Å². The predicted octanol–water partition coefficient (Wildman–Crippen LogP) is 3.41. The summed E-state index contributed by atoms with van der Waals surface area (Å²) in [4.78, 5) is 11.1. The van der Waals surface area contributed by atoms with E-state index in [0.29, 0.717) is 0 Å². The number of carbonyl (C=O) groups excluding carboxylic acids is 1. The van der Waals surface area contributed by atoms with Crippen LogP contribution in [0.5, 0.6) is 0 Å². The first-order valence-electron chi connectivity index (χ1n) is 6.23. The molecule has 3 rings (SSSR count). The van der Waals surface area contributed by atoms with Gasteiger partial charge in [-0.05, 0) is 47.2 Å². The number of hydrogen-bond donors (Lipinski definition) is 1. The Kier molecular flexibility index (Phi) is 2.63. The van der Waals surface area contributed by atoms with Gasteiger partial charge in [0.05, 0.1) is 0 Å². The Morgan fingerprint density at radius 1 is 1.00 bits per heavy atom. The maximum absolute atomic E-state index is 11.1. The summed E-state index contributed by atoms with van der Waals surface area (Å²) in [5.41, 5.74) is 6.25. The van der Waals surface area contributed by atoms with Crippen molar-refractivity contribution in [3.63, 3.8) is 0 Å². The lowest BCUT2D eigenvalue weighted by molar-refractivity contribution is -0.114. The van der Waals surface area contributed by atoms with Crippen molar-refractivity contribution < 1.29 is 4.79 Å². The minimum absolute atomic E-state index is 0.0221. The number of rotatable bonds is 1. The molecular formula is C16H15NO. The smallest absolute Gasteiger partial charge is 0.221 e.